The molecule has 0 nitrogen and oxygen atoms in total. The first-order chi connectivity index (χ1) is 5.90. The van der Waals surface area contributed by atoms with Crippen LogP contribution in [0.3, 0.4) is 0 Å². The molecule has 0 aliphatic rings. The molecule has 2 aromatic carbocycles. The van der Waals surface area contributed by atoms with Crippen LogP contribution in [0.2, 0.25) is 0 Å². The van der Waals surface area contributed by atoms with Crippen molar-refractivity contribution in [3.05, 3.63) is 42.0 Å². The Morgan fingerprint density at radius 3 is 2.25 bits per heavy atom. The van der Waals surface area contributed by atoms with Gasteiger partial charge in [-0.2, -0.15) is 6.07 Å². The van der Waals surface area contributed by atoms with Gasteiger partial charge in [-0.1, -0.05) is 19.4 Å². The van der Waals surface area contributed by atoms with Crippen molar-refractivity contribution >= 4 is 10.8 Å². The van der Waals surface area contributed by atoms with Gasteiger partial charge >= 0.3 is 26.2 Å². The van der Waals surface area contributed by atoms with Crippen molar-refractivity contribution in [2.24, 2.45) is 0 Å². The van der Waals surface area contributed by atoms with Crippen LogP contribution in [-0.4, -0.2) is 0 Å². The summed E-state index contributed by atoms with van der Waals surface area (Å²) in [6.45, 7) is 2.22. The average Bonchev–Trinajstić information content (AvgIpc) is 2.47. The van der Waals surface area contributed by atoms with Crippen LogP contribution < -0.4 is 14.1 Å². The molecule has 0 fully saturated rings. The maximum atomic E-state index is 2.29. The average molecular weight is 305 g/mol. The van der Waals surface area contributed by atoms with Gasteiger partial charge in [0.1, 0.15) is 0 Å². The molecule has 0 spiro atoms. The van der Waals surface area contributed by atoms with Crippen molar-refractivity contribution in [1.82, 2.24) is 0 Å². The third-order valence-electron chi connectivity index (χ3n) is 2.22. The van der Waals surface area contributed by atoms with E-state index in [0.29, 0.717) is 0 Å². The smallest absolute Gasteiger partial charge is 1.00 e. The van der Waals surface area contributed by atoms with E-state index in [-0.39, 0.29) is 40.3 Å². The molecule has 2 aromatic rings. The van der Waals surface area contributed by atoms with E-state index in [0.717, 1.165) is 0 Å². The summed E-state index contributed by atoms with van der Waals surface area (Å²) in [7, 11) is 0. The fraction of sp³-hybridized carbons (Fsp3) is 0.250. The van der Waals surface area contributed by atoms with Crippen LogP contribution >= 0.6 is 0 Å². The topological polar surface area (TPSA) is 0 Å². The summed E-state index contributed by atoms with van der Waals surface area (Å²) in [5.74, 6) is 0. The summed E-state index contributed by atoms with van der Waals surface area (Å²) in [5.41, 5.74) is 1.47. The predicted molar refractivity (Wildman–Crippen MR) is 53.5 cm³/mol. The second kappa shape index (κ2) is 9.71. The summed E-state index contributed by atoms with van der Waals surface area (Å²) >= 11 is 0. The maximum Gasteiger partial charge on any atom is 4.00 e. The van der Waals surface area contributed by atoms with Crippen LogP contribution in [0.15, 0.2) is 36.4 Å². The molecule has 0 heterocycles. The largest absolute Gasteiger partial charge is 4.00 e. The van der Waals surface area contributed by atoms with E-state index in [1.165, 1.54) is 29.2 Å². The molecule has 0 radical (unpaired) electrons. The molecule has 16 heavy (non-hydrogen) atoms. The van der Waals surface area contributed by atoms with Gasteiger partial charge in [-0.3, -0.25) is 0 Å². The summed E-state index contributed by atoms with van der Waals surface area (Å²) in [5, 5.41) is 2.75. The fourth-order valence-electron chi connectivity index (χ4n) is 1.65. The number of fused-ring (bicyclic) bond motifs is 1. The van der Waals surface area contributed by atoms with E-state index >= 15 is 0 Å². The standard InChI is InChI=1S/C12H13.3FH.Zr/c1-2-5-10-8-11-6-3-4-7-12(11)9-10;;;;/h3-4,6-9H,2,5H2,1H3;3*1H;/q-1;;;;+4/p-3. The van der Waals surface area contributed by atoms with Crippen LogP contribution in [0, 0.1) is 0 Å². The molecule has 0 atom stereocenters. The summed E-state index contributed by atoms with van der Waals surface area (Å²) in [6, 6.07) is 13.1. The Balaban J connectivity index is -0.000000422. The monoisotopic (exact) mass is 304 g/mol. The summed E-state index contributed by atoms with van der Waals surface area (Å²) < 4.78 is 0. The predicted octanol–water partition coefficient (Wildman–Crippen LogP) is -5.48. The van der Waals surface area contributed by atoms with E-state index in [2.05, 4.69) is 43.3 Å². The number of aryl methyl sites for hydroxylation is 1. The Hall–Kier alpha value is -0.497. The van der Waals surface area contributed by atoms with Gasteiger partial charge in [-0.05, 0) is 6.42 Å². The number of halogens is 3. The van der Waals surface area contributed by atoms with Gasteiger partial charge < -0.3 is 14.1 Å². The van der Waals surface area contributed by atoms with Crippen LogP contribution in [-0.2, 0) is 32.6 Å². The third-order valence-corrected chi connectivity index (χ3v) is 2.22. The molecule has 0 saturated carbocycles. The van der Waals surface area contributed by atoms with Gasteiger partial charge in [0, 0.05) is 0 Å². The number of benzene rings is 1. The number of hydrogen-bond donors (Lipinski definition) is 0. The van der Waals surface area contributed by atoms with Crippen LogP contribution in [0.25, 0.3) is 10.8 Å². The zero-order valence-corrected chi connectivity index (χ0v) is 11.5. The van der Waals surface area contributed by atoms with E-state index < -0.39 is 0 Å². The molecular formula is C12H13F3Zr. The van der Waals surface area contributed by atoms with Crippen molar-refractivity contribution in [2.45, 2.75) is 19.8 Å². The second-order valence-corrected chi connectivity index (χ2v) is 3.24. The van der Waals surface area contributed by atoms with Gasteiger partial charge in [0.2, 0.25) is 0 Å². The summed E-state index contributed by atoms with van der Waals surface area (Å²) in [6.07, 6.45) is 2.44. The molecule has 0 saturated heterocycles. The molecule has 86 valence electrons. The molecule has 0 unspecified atom stereocenters. The quantitative estimate of drug-likeness (QED) is 0.486. The Bertz CT molecular complexity index is 351. The van der Waals surface area contributed by atoms with Gasteiger partial charge in [-0.25, -0.2) is 0 Å². The van der Waals surface area contributed by atoms with Crippen LogP contribution in [0.4, 0.5) is 0 Å². The van der Waals surface area contributed by atoms with E-state index in [4.69, 9.17) is 0 Å². The van der Waals surface area contributed by atoms with Gasteiger partial charge in [-0.15, -0.1) is 40.6 Å². The minimum Gasteiger partial charge on any atom is -1.00 e. The van der Waals surface area contributed by atoms with Crippen molar-refractivity contribution in [3.8, 4) is 0 Å². The molecule has 2 rings (SSSR count). The van der Waals surface area contributed by atoms with Crippen LogP contribution in [0.1, 0.15) is 18.9 Å². The first kappa shape index (κ1) is 20.9. The fourth-order valence-corrected chi connectivity index (χ4v) is 1.65. The number of hydrogen-bond acceptors (Lipinski definition) is 0. The molecule has 0 aliphatic carbocycles. The van der Waals surface area contributed by atoms with Gasteiger partial charge in [0.05, 0.1) is 0 Å². The van der Waals surface area contributed by atoms with Crippen molar-refractivity contribution < 1.29 is 40.3 Å². The van der Waals surface area contributed by atoms with Crippen molar-refractivity contribution in [1.29, 1.82) is 0 Å². The van der Waals surface area contributed by atoms with E-state index in [1.807, 2.05) is 0 Å². The first-order valence-electron chi connectivity index (χ1n) is 4.54. The van der Waals surface area contributed by atoms with Crippen molar-refractivity contribution in [3.63, 3.8) is 0 Å². The Morgan fingerprint density at radius 1 is 1.06 bits per heavy atom. The molecular weight excluding hydrogens is 292 g/mol. The molecule has 0 N–H and O–H groups in total. The van der Waals surface area contributed by atoms with Gasteiger partial charge in [0.25, 0.3) is 0 Å². The Labute approximate surface area is 113 Å². The van der Waals surface area contributed by atoms with Gasteiger partial charge in [0.15, 0.2) is 0 Å². The maximum absolute atomic E-state index is 2.29. The zero-order chi connectivity index (χ0) is 8.39. The van der Waals surface area contributed by atoms with Crippen LogP contribution in [0.5, 0.6) is 0 Å². The molecule has 0 amide bonds. The Kier molecular flexibility index (Phi) is 12.7. The SMILES string of the molecule is CCCc1cc2ccccc2[cH-]1.[F-].[F-].[F-].[Zr+4]. The minimum absolute atomic E-state index is 0. The zero-order valence-electron chi connectivity index (χ0n) is 9.01. The second-order valence-electron chi connectivity index (χ2n) is 3.24. The molecule has 4 heteroatoms. The number of rotatable bonds is 2. The molecule has 0 bridgehead atoms. The summed E-state index contributed by atoms with van der Waals surface area (Å²) in [4.78, 5) is 0. The Morgan fingerprint density at radius 2 is 1.69 bits per heavy atom. The van der Waals surface area contributed by atoms with E-state index in [9.17, 15) is 0 Å². The third kappa shape index (κ3) is 4.57. The van der Waals surface area contributed by atoms with E-state index in [1.54, 1.807) is 0 Å². The minimum atomic E-state index is 0. The molecule has 0 aromatic heterocycles. The normalized spacial score (nSPS) is 8.06. The first-order valence-corrected chi connectivity index (χ1v) is 4.54. The molecule has 0 aliphatic heterocycles. The van der Waals surface area contributed by atoms with Crippen molar-refractivity contribution in [2.75, 3.05) is 0 Å².